The van der Waals surface area contributed by atoms with Gasteiger partial charge in [0.2, 0.25) is 0 Å². The molecule has 1 N–H and O–H groups in total. The van der Waals surface area contributed by atoms with Crippen molar-refractivity contribution in [2.45, 2.75) is 13.0 Å². The molecule has 0 aromatic carbocycles. The van der Waals surface area contributed by atoms with Crippen LogP contribution in [0.3, 0.4) is 0 Å². The van der Waals surface area contributed by atoms with Crippen LogP contribution < -0.4 is 5.32 Å². The molecular formula is C9H9FN2. The summed E-state index contributed by atoms with van der Waals surface area (Å²) in [7, 11) is 0. The highest BCUT2D eigenvalue weighted by Gasteiger charge is 1.97. The third-order valence-corrected chi connectivity index (χ3v) is 1.34. The maximum atomic E-state index is 12.4. The lowest BCUT2D eigenvalue weighted by Gasteiger charge is -2.06. The number of rotatable bonds is 2. The van der Waals surface area contributed by atoms with E-state index in [1.807, 2.05) is 6.92 Å². The molecule has 1 aromatic heterocycles. The highest BCUT2D eigenvalue weighted by molar-refractivity contribution is 5.36. The van der Waals surface area contributed by atoms with Gasteiger partial charge in [-0.25, -0.2) is 9.37 Å². The molecule has 1 rings (SSSR count). The summed E-state index contributed by atoms with van der Waals surface area (Å²) in [6.07, 6.45) is 6.28. The van der Waals surface area contributed by atoms with Gasteiger partial charge in [-0.3, -0.25) is 0 Å². The molecule has 1 atom stereocenters. The molecule has 0 bridgehead atoms. The quantitative estimate of drug-likeness (QED) is 0.672. The number of pyridine rings is 1. The van der Waals surface area contributed by atoms with Crippen LogP contribution in [-0.2, 0) is 0 Å². The average molecular weight is 164 g/mol. The largest absolute Gasteiger partial charge is 0.357 e. The second-order valence-electron chi connectivity index (χ2n) is 2.39. The molecule has 1 aromatic rings. The molecular weight excluding hydrogens is 155 g/mol. The van der Waals surface area contributed by atoms with E-state index < -0.39 is 0 Å². The molecule has 0 aliphatic rings. The van der Waals surface area contributed by atoms with E-state index in [0.717, 1.165) is 6.20 Å². The molecule has 2 nitrogen and oxygen atoms in total. The molecule has 0 amide bonds. The molecule has 1 unspecified atom stereocenters. The Kier molecular flexibility index (Phi) is 2.65. The topological polar surface area (TPSA) is 24.9 Å². The zero-order valence-corrected chi connectivity index (χ0v) is 6.71. The van der Waals surface area contributed by atoms with Gasteiger partial charge in [0.1, 0.15) is 11.6 Å². The Morgan fingerprint density at radius 3 is 2.92 bits per heavy atom. The first kappa shape index (κ1) is 8.54. The number of anilines is 1. The first-order chi connectivity index (χ1) is 5.72. The predicted octanol–water partition coefficient (Wildman–Crippen LogP) is 1.65. The number of hydrogen-bond donors (Lipinski definition) is 1. The van der Waals surface area contributed by atoms with Crippen molar-refractivity contribution < 1.29 is 4.39 Å². The molecule has 0 radical (unpaired) electrons. The van der Waals surface area contributed by atoms with Gasteiger partial charge < -0.3 is 5.32 Å². The predicted molar refractivity (Wildman–Crippen MR) is 46.1 cm³/mol. The van der Waals surface area contributed by atoms with Crippen molar-refractivity contribution in [3.63, 3.8) is 0 Å². The van der Waals surface area contributed by atoms with Crippen LogP contribution in [0.4, 0.5) is 10.2 Å². The lowest BCUT2D eigenvalue weighted by molar-refractivity contribution is 0.621. The van der Waals surface area contributed by atoms with E-state index in [0.29, 0.717) is 5.82 Å². The van der Waals surface area contributed by atoms with Crippen molar-refractivity contribution >= 4 is 5.82 Å². The van der Waals surface area contributed by atoms with Gasteiger partial charge >= 0.3 is 0 Å². The van der Waals surface area contributed by atoms with Crippen LogP contribution in [0.1, 0.15) is 6.92 Å². The molecule has 12 heavy (non-hydrogen) atoms. The third-order valence-electron chi connectivity index (χ3n) is 1.34. The fourth-order valence-electron chi connectivity index (χ4n) is 0.725. The lowest BCUT2D eigenvalue weighted by atomic mass is 10.3. The molecule has 1 heterocycles. The van der Waals surface area contributed by atoms with Crippen molar-refractivity contribution in [1.82, 2.24) is 4.98 Å². The fraction of sp³-hybridized carbons (Fsp3) is 0.222. The first-order valence-electron chi connectivity index (χ1n) is 3.56. The zero-order chi connectivity index (χ0) is 8.97. The van der Waals surface area contributed by atoms with Gasteiger partial charge in [-0.15, -0.1) is 6.42 Å². The van der Waals surface area contributed by atoms with E-state index in [1.165, 1.54) is 6.07 Å². The Labute approximate surface area is 70.8 Å². The highest BCUT2D eigenvalue weighted by Crippen LogP contribution is 2.04. The smallest absolute Gasteiger partial charge is 0.141 e. The number of terminal acetylenes is 1. The van der Waals surface area contributed by atoms with E-state index >= 15 is 0 Å². The minimum absolute atomic E-state index is 0.0945. The fourth-order valence-corrected chi connectivity index (χ4v) is 0.725. The maximum Gasteiger partial charge on any atom is 0.141 e. The van der Waals surface area contributed by atoms with Crippen LogP contribution in [-0.4, -0.2) is 11.0 Å². The minimum atomic E-state index is -0.353. The van der Waals surface area contributed by atoms with Crippen molar-refractivity contribution in [2.24, 2.45) is 0 Å². The number of hydrogen-bond acceptors (Lipinski definition) is 2. The normalized spacial score (nSPS) is 11.8. The summed E-state index contributed by atoms with van der Waals surface area (Å²) in [5, 5.41) is 2.90. The molecule has 3 heteroatoms. The van der Waals surface area contributed by atoms with E-state index in [1.54, 1.807) is 6.07 Å². The Balaban J connectivity index is 2.66. The Morgan fingerprint density at radius 1 is 1.67 bits per heavy atom. The van der Waals surface area contributed by atoms with Gasteiger partial charge in [0.15, 0.2) is 0 Å². The number of halogens is 1. The van der Waals surface area contributed by atoms with Crippen molar-refractivity contribution in [3.8, 4) is 12.3 Å². The molecule has 0 saturated heterocycles. The van der Waals surface area contributed by atoms with Crippen LogP contribution >= 0.6 is 0 Å². The summed E-state index contributed by atoms with van der Waals surface area (Å²) in [5.74, 6) is 2.72. The second-order valence-corrected chi connectivity index (χ2v) is 2.39. The number of aromatic nitrogens is 1. The van der Waals surface area contributed by atoms with Crippen LogP contribution in [0.25, 0.3) is 0 Å². The molecule has 0 spiro atoms. The van der Waals surface area contributed by atoms with Crippen LogP contribution in [0, 0.1) is 18.2 Å². The van der Waals surface area contributed by atoms with Gasteiger partial charge in [0.05, 0.1) is 12.2 Å². The van der Waals surface area contributed by atoms with Gasteiger partial charge in [-0.05, 0) is 19.1 Å². The zero-order valence-electron chi connectivity index (χ0n) is 6.71. The summed E-state index contributed by atoms with van der Waals surface area (Å²) in [5.41, 5.74) is 0. The Hall–Kier alpha value is -1.56. The second kappa shape index (κ2) is 3.72. The standard InChI is InChI=1S/C9H9FN2/c1-3-7(2)12-9-5-4-8(10)6-11-9/h1,4-7H,2H3,(H,11,12). The maximum absolute atomic E-state index is 12.4. The van der Waals surface area contributed by atoms with E-state index in [4.69, 9.17) is 6.42 Å². The molecule has 0 saturated carbocycles. The third kappa shape index (κ3) is 2.24. The van der Waals surface area contributed by atoms with Gasteiger partial charge in [0.25, 0.3) is 0 Å². The summed E-state index contributed by atoms with van der Waals surface area (Å²) in [6.45, 7) is 1.82. The van der Waals surface area contributed by atoms with E-state index in [-0.39, 0.29) is 11.9 Å². The number of nitrogens with zero attached hydrogens (tertiary/aromatic N) is 1. The monoisotopic (exact) mass is 164 g/mol. The minimum Gasteiger partial charge on any atom is -0.357 e. The van der Waals surface area contributed by atoms with Gasteiger partial charge in [0, 0.05) is 0 Å². The SMILES string of the molecule is C#CC(C)Nc1ccc(F)cn1. The summed E-state index contributed by atoms with van der Waals surface area (Å²) in [4.78, 5) is 3.78. The summed E-state index contributed by atoms with van der Waals surface area (Å²) < 4.78 is 12.4. The average Bonchev–Trinajstić information content (AvgIpc) is 2.09. The van der Waals surface area contributed by atoms with Crippen LogP contribution in [0.2, 0.25) is 0 Å². The molecule has 0 aliphatic heterocycles. The van der Waals surface area contributed by atoms with Gasteiger partial charge in [-0.1, -0.05) is 5.92 Å². The van der Waals surface area contributed by atoms with E-state index in [2.05, 4.69) is 16.2 Å². The Morgan fingerprint density at radius 2 is 2.42 bits per heavy atom. The number of nitrogens with one attached hydrogen (secondary N) is 1. The summed E-state index contributed by atoms with van der Waals surface area (Å²) >= 11 is 0. The first-order valence-corrected chi connectivity index (χ1v) is 3.56. The van der Waals surface area contributed by atoms with E-state index in [9.17, 15) is 4.39 Å². The highest BCUT2D eigenvalue weighted by atomic mass is 19.1. The van der Waals surface area contributed by atoms with Crippen molar-refractivity contribution in [2.75, 3.05) is 5.32 Å². The molecule has 0 aliphatic carbocycles. The van der Waals surface area contributed by atoms with Crippen LogP contribution in [0.5, 0.6) is 0 Å². The summed E-state index contributed by atoms with van der Waals surface area (Å²) in [6, 6.07) is 2.78. The molecule has 62 valence electrons. The van der Waals surface area contributed by atoms with Gasteiger partial charge in [-0.2, -0.15) is 0 Å². The Bertz CT molecular complexity index is 286. The lowest BCUT2D eigenvalue weighted by Crippen LogP contribution is -2.12. The molecule has 0 fully saturated rings. The van der Waals surface area contributed by atoms with Crippen LogP contribution in [0.15, 0.2) is 18.3 Å². The van der Waals surface area contributed by atoms with Crippen molar-refractivity contribution in [1.29, 1.82) is 0 Å². The van der Waals surface area contributed by atoms with Crippen molar-refractivity contribution in [3.05, 3.63) is 24.1 Å².